The van der Waals surface area contributed by atoms with Crippen LogP contribution >= 0.6 is 11.6 Å². The molecule has 1 saturated heterocycles. The Morgan fingerprint density at radius 3 is 3.11 bits per heavy atom. The lowest BCUT2D eigenvalue weighted by atomic mass is 10.1. The van der Waals surface area contributed by atoms with Crippen LogP contribution in [0.5, 0.6) is 0 Å². The second-order valence-electron chi connectivity index (χ2n) is 4.85. The second-order valence-corrected chi connectivity index (χ2v) is 5.25. The summed E-state index contributed by atoms with van der Waals surface area (Å²) < 4.78 is 0. The van der Waals surface area contributed by atoms with E-state index >= 15 is 0 Å². The van der Waals surface area contributed by atoms with Gasteiger partial charge in [-0.25, -0.2) is 0 Å². The molecule has 1 aliphatic heterocycles. The summed E-state index contributed by atoms with van der Waals surface area (Å²) in [4.78, 5) is 2.38. The molecular formula is C14H21ClN2O. The molecule has 1 atom stereocenters. The largest absolute Gasteiger partial charge is 0.396 e. The summed E-state index contributed by atoms with van der Waals surface area (Å²) in [6.45, 7) is 5.29. The van der Waals surface area contributed by atoms with Gasteiger partial charge in [0.2, 0.25) is 0 Å². The molecule has 1 aromatic carbocycles. The van der Waals surface area contributed by atoms with Gasteiger partial charge < -0.3 is 15.3 Å². The molecule has 0 aliphatic carbocycles. The van der Waals surface area contributed by atoms with E-state index in [2.05, 4.69) is 23.2 Å². The molecule has 1 unspecified atom stereocenters. The minimum Gasteiger partial charge on any atom is -0.396 e. The summed E-state index contributed by atoms with van der Waals surface area (Å²) in [7, 11) is 0. The van der Waals surface area contributed by atoms with Crippen molar-refractivity contribution in [3.8, 4) is 0 Å². The normalized spacial score (nSPS) is 20.8. The zero-order chi connectivity index (χ0) is 13.0. The van der Waals surface area contributed by atoms with Crippen LogP contribution in [-0.4, -0.2) is 37.4 Å². The molecule has 0 aromatic heterocycles. The molecule has 100 valence electrons. The Labute approximate surface area is 114 Å². The topological polar surface area (TPSA) is 35.5 Å². The van der Waals surface area contributed by atoms with Crippen LogP contribution < -0.4 is 10.2 Å². The fourth-order valence-electron chi connectivity index (χ4n) is 2.50. The Balaban J connectivity index is 2.17. The summed E-state index contributed by atoms with van der Waals surface area (Å²) in [5, 5.41) is 13.4. The van der Waals surface area contributed by atoms with Gasteiger partial charge >= 0.3 is 0 Å². The van der Waals surface area contributed by atoms with Crippen LogP contribution in [0.15, 0.2) is 18.2 Å². The number of benzene rings is 1. The van der Waals surface area contributed by atoms with Crippen molar-refractivity contribution in [1.82, 2.24) is 5.32 Å². The zero-order valence-electron chi connectivity index (χ0n) is 10.8. The van der Waals surface area contributed by atoms with E-state index in [1.54, 1.807) is 0 Å². The van der Waals surface area contributed by atoms with Crippen molar-refractivity contribution in [1.29, 1.82) is 0 Å². The third kappa shape index (κ3) is 3.16. The summed E-state index contributed by atoms with van der Waals surface area (Å²) in [6, 6.07) is 6.42. The highest BCUT2D eigenvalue weighted by Crippen LogP contribution is 2.27. The van der Waals surface area contributed by atoms with Gasteiger partial charge in [0.05, 0.1) is 0 Å². The molecule has 4 heteroatoms. The zero-order valence-corrected chi connectivity index (χ0v) is 11.6. The van der Waals surface area contributed by atoms with E-state index in [0.29, 0.717) is 6.04 Å². The van der Waals surface area contributed by atoms with Crippen molar-refractivity contribution in [2.24, 2.45) is 0 Å². The molecule has 1 aliphatic rings. The number of anilines is 1. The Morgan fingerprint density at radius 1 is 1.50 bits per heavy atom. The molecule has 0 spiro atoms. The maximum Gasteiger partial charge on any atom is 0.0455 e. The van der Waals surface area contributed by atoms with Crippen LogP contribution in [0, 0.1) is 6.92 Å². The first kappa shape index (κ1) is 13.7. The first-order valence-corrected chi connectivity index (χ1v) is 6.94. The maximum atomic E-state index is 9.09. The van der Waals surface area contributed by atoms with Gasteiger partial charge in [0, 0.05) is 36.4 Å². The molecule has 1 heterocycles. The van der Waals surface area contributed by atoms with Crippen LogP contribution in [0.2, 0.25) is 5.02 Å². The molecule has 0 saturated carbocycles. The number of rotatable bonds is 3. The number of hydrogen-bond acceptors (Lipinski definition) is 3. The first-order chi connectivity index (χ1) is 8.72. The molecule has 0 radical (unpaired) electrons. The molecule has 1 fully saturated rings. The van der Waals surface area contributed by atoms with Crippen molar-refractivity contribution in [3.05, 3.63) is 28.8 Å². The van der Waals surface area contributed by atoms with E-state index in [9.17, 15) is 0 Å². The summed E-state index contributed by atoms with van der Waals surface area (Å²) in [6.07, 6.45) is 1.92. The van der Waals surface area contributed by atoms with E-state index in [0.717, 1.165) is 43.1 Å². The van der Waals surface area contributed by atoms with Crippen LogP contribution in [0.25, 0.3) is 0 Å². The molecule has 1 aromatic rings. The lowest BCUT2D eigenvalue weighted by molar-refractivity contribution is 0.267. The van der Waals surface area contributed by atoms with Crippen molar-refractivity contribution in [2.45, 2.75) is 25.8 Å². The molecule has 3 nitrogen and oxygen atoms in total. The van der Waals surface area contributed by atoms with E-state index in [-0.39, 0.29) is 6.61 Å². The molecule has 0 bridgehead atoms. The second kappa shape index (κ2) is 6.41. The molecule has 2 rings (SSSR count). The minimum atomic E-state index is 0.236. The maximum absolute atomic E-state index is 9.09. The Kier molecular flexibility index (Phi) is 4.87. The minimum absolute atomic E-state index is 0.236. The van der Waals surface area contributed by atoms with E-state index in [1.165, 1.54) is 5.69 Å². The van der Waals surface area contributed by atoms with Gasteiger partial charge in [0.25, 0.3) is 0 Å². The van der Waals surface area contributed by atoms with Crippen molar-refractivity contribution in [2.75, 3.05) is 31.1 Å². The fourth-order valence-corrected chi connectivity index (χ4v) is 2.67. The highest BCUT2D eigenvalue weighted by Gasteiger charge is 2.19. The quantitative estimate of drug-likeness (QED) is 0.882. The fraction of sp³-hybridized carbons (Fsp3) is 0.571. The number of nitrogens with one attached hydrogen (secondary N) is 1. The number of aliphatic hydroxyl groups is 1. The van der Waals surface area contributed by atoms with E-state index < -0.39 is 0 Å². The molecule has 2 N–H and O–H groups in total. The SMILES string of the molecule is Cc1c(Cl)cccc1N1CCCNC(CCO)C1. The standard InChI is InChI=1S/C14H21ClN2O/c1-11-13(15)4-2-5-14(11)17-8-3-7-16-12(10-17)6-9-18/h2,4-5,12,16,18H,3,6-10H2,1H3. The number of hydrogen-bond donors (Lipinski definition) is 2. The monoisotopic (exact) mass is 268 g/mol. The first-order valence-electron chi connectivity index (χ1n) is 6.56. The highest BCUT2D eigenvalue weighted by molar-refractivity contribution is 6.31. The summed E-state index contributed by atoms with van der Waals surface area (Å²) in [5.74, 6) is 0. The van der Waals surface area contributed by atoms with Gasteiger partial charge in [-0.3, -0.25) is 0 Å². The molecule has 18 heavy (non-hydrogen) atoms. The number of aliphatic hydroxyl groups excluding tert-OH is 1. The van der Waals surface area contributed by atoms with Crippen molar-refractivity contribution >= 4 is 17.3 Å². The Morgan fingerprint density at radius 2 is 2.33 bits per heavy atom. The predicted octanol–water partition coefficient (Wildman–Crippen LogP) is 2.20. The van der Waals surface area contributed by atoms with Gasteiger partial charge in [-0.1, -0.05) is 17.7 Å². The van der Waals surface area contributed by atoms with E-state index in [1.807, 2.05) is 12.1 Å². The molecular weight excluding hydrogens is 248 g/mol. The Hall–Kier alpha value is -0.770. The summed E-state index contributed by atoms with van der Waals surface area (Å²) in [5.41, 5.74) is 2.36. The molecule has 0 amide bonds. The third-order valence-corrected chi connectivity index (χ3v) is 3.95. The van der Waals surface area contributed by atoms with Crippen LogP contribution in [-0.2, 0) is 0 Å². The van der Waals surface area contributed by atoms with Gasteiger partial charge in [-0.2, -0.15) is 0 Å². The van der Waals surface area contributed by atoms with Crippen molar-refractivity contribution in [3.63, 3.8) is 0 Å². The van der Waals surface area contributed by atoms with Gasteiger partial charge in [-0.15, -0.1) is 0 Å². The van der Waals surface area contributed by atoms with Gasteiger partial charge in [-0.05, 0) is 44.0 Å². The lowest BCUT2D eigenvalue weighted by Crippen LogP contribution is -2.38. The smallest absolute Gasteiger partial charge is 0.0455 e. The van der Waals surface area contributed by atoms with Gasteiger partial charge in [0.15, 0.2) is 0 Å². The van der Waals surface area contributed by atoms with Gasteiger partial charge in [0.1, 0.15) is 0 Å². The third-order valence-electron chi connectivity index (χ3n) is 3.54. The van der Waals surface area contributed by atoms with Crippen LogP contribution in [0.3, 0.4) is 0 Å². The predicted molar refractivity (Wildman–Crippen MR) is 76.5 cm³/mol. The van der Waals surface area contributed by atoms with E-state index in [4.69, 9.17) is 16.7 Å². The highest BCUT2D eigenvalue weighted by atomic mass is 35.5. The average Bonchev–Trinajstić information content (AvgIpc) is 2.59. The van der Waals surface area contributed by atoms with Crippen LogP contribution in [0.1, 0.15) is 18.4 Å². The number of halogens is 1. The van der Waals surface area contributed by atoms with Crippen LogP contribution in [0.4, 0.5) is 5.69 Å². The lowest BCUT2D eigenvalue weighted by Gasteiger charge is -2.28. The number of nitrogens with zero attached hydrogens (tertiary/aromatic N) is 1. The summed E-state index contributed by atoms with van der Waals surface area (Å²) >= 11 is 6.19. The Bertz CT molecular complexity index is 397. The average molecular weight is 269 g/mol. The van der Waals surface area contributed by atoms with Crippen molar-refractivity contribution < 1.29 is 5.11 Å².